The summed E-state index contributed by atoms with van der Waals surface area (Å²) in [6, 6.07) is 12.4. The molecule has 1 aliphatic carbocycles. The van der Waals surface area contributed by atoms with Crippen LogP contribution in [-0.4, -0.2) is 19.7 Å². The molecule has 2 atom stereocenters. The zero-order valence-corrected chi connectivity index (χ0v) is 16.7. The fraction of sp³-hybridized carbons (Fsp3) is 0.450. The first kappa shape index (κ1) is 18.6. The van der Waals surface area contributed by atoms with E-state index in [1.165, 1.54) is 23.5 Å². The van der Waals surface area contributed by atoms with Crippen LogP contribution in [0.15, 0.2) is 53.7 Å². The Balaban J connectivity index is 1.79. The van der Waals surface area contributed by atoms with E-state index in [9.17, 15) is 4.21 Å². The quantitative estimate of drug-likeness (QED) is 0.713. The highest BCUT2D eigenvalue weighted by Gasteiger charge is 2.25. The third kappa shape index (κ3) is 5.40. The summed E-state index contributed by atoms with van der Waals surface area (Å²) in [7, 11) is -1.16. The lowest BCUT2D eigenvalue weighted by atomic mass is 10.0. The largest absolute Gasteiger partial charge is 0.264 e. The molecule has 134 valence electrons. The lowest BCUT2D eigenvalue weighted by Gasteiger charge is -2.25. The summed E-state index contributed by atoms with van der Waals surface area (Å²) >= 11 is 1.93. The van der Waals surface area contributed by atoms with Crippen molar-refractivity contribution in [1.29, 1.82) is 0 Å². The Morgan fingerprint density at radius 3 is 2.48 bits per heavy atom. The van der Waals surface area contributed by atoms with Crippen LogP contribution < -0.4 is 4.72 Å². The van der Waals surface area contributed by atoms with Gasteiger partial charge in [-0.3, -0.25) is 4.98 Å². The van der Waals surface area contributed by atoms with E-state index in [0.29, 0.717) is 0 Å². The number of hydrogen-bond acceptors (Lipinski definition) is 3. The molecule has 0 radical (unpaired) electrons. The molecule has 0 aliphatic heterocycles. The molecule has 1 aromatic carbocycles. The second-order valence-electron chi connectivity index (χ2n) is 7.54. The van der Waals surface area contributed by atoms with Crippen LogP contribution >= 0.6 is 11.8 Å². The van der Waals surface area contributed by atoms with E-state index in [4.69, 9.17) is 0 Å². The third-order valence-electron chi connectivity index (χ3n) is 4.19. The van der Waals surface area contributed by atoms with Crippen LogP contribution in [-0.2, 0) is 11.0 Å². The predicted octanol–water partition coefficient (Wildman–Crippen LogP) is 4.72. The fourth-order valence-corrected chi connectivity index (χ4v) is 4.34. The lowest BCUT2D eigenvalue weighted by Crippen LogP contribution is -2.36. The smallest absolute Gasteiger partial charge is 0.0979 e. The molecule has 1 aromatic heterocycles. The highest BCUT2D eigenvalue weighted by molar-refractivity contribution is 7.99. The molecule has 0 spiro atoms. The number of nitrogens with zero attached hydrogens (tertiary/aromatic N) is 1. The van der Waals surface area contributed by atoms with Crippen molar-refractivity contribution in [1.82, 2.24) is 9.71 Å². The molecule has 0 saturated heterocycles. The number of thioether (sulfide) groups is 1. The first-order valence-corrected chi connectivity index (χ1v) is 10.9. The van der Waals surface area contributed by atoms with E-state index in [1.54, 1.807) is 6.20 Å². The maximum atomic E-state index is 12.6. The van der Waals surface area contributed by atoms with Crippen molar-refractivity contribution in [3.63, 3.8) is 0 Å². The van der Waals surface area contributed by atoms with Gasteiger partial charge in [0.1, 0.15) is 0 Å². The minimum atomic E-state index is -1.16. The van der Waals surface area contributed by atoms with Crippen molar-refractivity contribution >= 4 is 22.7 Å². The van der Waals surface area contributed by atoms with E-state index < -0.39 is 11.0 Å². The van der Waals surface area contributed by atoms with Gasteiger partial charge in [0, 0.05) is 23.0 Å². The Morgan fingerprint density at radius 1 is 1.20 bits per heavy atom. The molecule has 1 aliphatic rings. The molecule has 1 N–H and O–H groups in total. The molecule has 1 heterocycles. The van der Waals surface area contributed by atoms with E-state index in [0.717, 1.165) is 17.0 Å². The van der Waals surface area contributed by atoms with E-state index >= 15 is 0 Å². The van der Waals surface area contributed by atoms with Crippen LogP contribution in [0.25, 0.3) is 0 Å². The van der Waals surface area contributed by atoms with Crippen molar-refractivity contribution < 1.29 is 4.21 Å². The number of hydrogen-bond donors (Lipinski definition) is 1. The van der Waals surface area contributed by atoms with Gasteiger partial charge in [0.05, 0.1) is 21.8 Å². The van der Waals surface area contributed by atoms with Gasteiger partial charge in [-0.05, 0) is 68.9 Å². The number of pyridine rings is 1. The molecule has 0 amide bonds. The maximum Gasteiger partial charge on any atom is 0.0979 e. The SMILES string of the molecule is CC(C)(C)S(=O)NC(c1ccc(SCC2CC2)cc1)c1cccnc1. The van der Waals surface area contributed by atoms with Crippen molar-refractivity contribution in [2.24, 2.45) is 5.92 Å². The van der Waals surface area contributed by atoms with Gasteiger partial charge in [-0.1, -0.05) is 18.2 Å². The Hall–Kier alpha value is -1.17. The molecule has 3 rings (SSSR count). The summed E-state index contributed by atoms with van der Waals surface area (Å²) in [6.07, 6.45) is 6.37. The summed E-state index contributed by atoms with van der Waals surface area (Å²) in [6.45, 7) is 5.94. The standard InChI is InChI=1S/C20H26N2OS2/c1-20(2,3)25(23)22-19(17-5-4-12-21-13-17)16-8-10-18(11-9-16)24-14-15-6-7-15/h4-5,8-13,15,19,22H,6-7,14H2,1-3H3. The Morgan fingerprint density at radius 2 is 1.92 bits per heavy atom. The van der Waals surface area contributed by atoms with Crippen LogP contribution in [0.3, 0.4) is 0 Å². The first-order valence-electron chi connectivity index (χ1n) is 8.74. The van der Waals surface area contributed by atoms with Crippen molar-refractivity contribution in [2.75, 3.05) is 5.75 Å². The Kier molecular flexibility index (Phi) is 5.97. The van der Waals surface area contributed by atoms with E-state index in [2.05, 4.69) is 34.0 Å². The van der Waals surface area contributed by atoms with Gasteiger partial charge < -0.3 is 0 Å². The van der Waals surface area contributed by atoms with Crippen molar-refractivity contribution in [3.8, 4) is 0 Å². The second-order valence-corrected chi connectivity index (χ2v) is 10.6. The molecule has 2 unspecified atom stereocenters. The van der Waals surface area contributed by atoms with E-state index in [-0.39, 0.29) is 10.8 Å². The number of aromatic nitrogens is 1. The first-order chi connectivity index (χ1) is 11.9. The third-order valence-corrected chi connectivity index (χ3v) is 7.00. The predicted molar refractivity (Wildman–Crippen MR) is 107 cm³/mol. The average Bonchev–Trinajstić information content (AvgIpc) is 3.42. The highest BCUT2D eigenvalue weighted by atomic mass is 32.2. The fourth-order valence-electron chi connectivity index (χ4n) is 2.41. The summed E-state index contributed by atoms with van der Waals surface area (Å²) in [5, 5.41) is 0. The van der Waals surface area contributed by atoms with Crippen molar-refractivity contribution in [3.05, 3.63) is 59.9 Å². The van der Waals surface area contributed by atoms with Gasteiger partial charge >= 0.3 is 0 Å². The molecular formula is C20H26N2OS2. The van der Waals surface area contributed by atoms with Gasteiger partial charge in [-0.25, -0.2) is 8.93 Å². The van der Waals surface area contributed by atoms with Crippen LogP contribution in [0.4, 0.5) is 0 Å². The monoisotopic (exact) mass is 374 g/mol. The van der Waals surface area contributed by atoms with Crippen LogP contribution in [0, 0.1) is 5.92 Å². The summed E-state index contributed by atoms with van der Waals surface area (Å²) in [5.41, 5.74) is 2.14. The molecular weight excluding hydrogens is 348 g/mol. The zero-order valence-electron chi connectivity index (χ0n) is 15.1. The minimum Gasteiger partial charge on any atom is -0.264 e. The summed E-state index contributed by atoms with van der Waals surface area (Å²) in [4.78, 5) is 5.53. The average molecular weight is 375 g/mol. The molecule has 5 heteroatoms. The molecule has 2 aromatic rings. The number of rotatable bonds is 7. The molecule has 3 nitrogen and oxygen atoms in total. The van der Waals surface area contributed by atoms with Gasteiger partial charge in [-0.2, -0.15) is 0 Å². The van der Waals surface area contributed by atoms with Gasteiger partial charge in [0.25, 0.3) is 0 Å². The number of nitrogens with one attached hydrogen (secondary N) is 1. The van der Waals surface area contributed by atoms with Gasteiger partial charge in [0.2, 0.25) is 0 Å². The minimum absolute atomic E-state index is 0.128. The molecule has 0 bridgehead atoms. The number of benzene rings is 1. The van der Waals surface area contributed by atoms with Crippen LogP contribution in [0.5, 0.6) is 0 Å². The Labute approximate surface area is 157 Å². The zero-order chi connectivity index (χ0) is 17.9. The molecule has 1 saturated carbocycles. The van der Waals surface area contributed by atoms with Gasteiger partial charge in [-0.15, -0.1) is 11.8 Å². The van der Waals surface area contributed by atoms with Crippen LogP contribution in [0.2, 0.25) is 0 Å². The maximum absolute atomic E-state index is 12.6. The topological polar surface area (TPSA) is 42.0 Å². The highest BCUT2D eigenvalue weighted by Crippen LogP contribution is 2.35. The van der Waals surface area contributed by atoms with Gasteiger partial charge in [0.15, 0.2) is 0 Å². The Bertz CT molecular complexity index is 707. The summed E-state index contributed by atoms with van der Waals surface area (Å²) < 4.78 is 15.6. The van der Waals surface area contributed by atoms with E-state index in [1.807, 2.05) is 50.9 Å². The van der Waals surface area contributed by atoms with Crippen LogP contribution in [0.1, 0.15) is 50.8 Å². The normalized spacial score (nSPS) is 17.2. The molecule has 1 fully saturated rings. The second kappa shape index (κ2) is 8.02. The van der Waals surface area contributed by atoms with Crippen molar-refractivity contribution in [2.45, 2.75) is 49.3 Å². The molecule has 25 heavy (non-hydrogen) atoms. The summed E-state index contributed by atoms with van der Waals surface area (Å²) in [5.74, 6) is 2.14. The lowest BCUT2D eigenvalue weighted by molar-refractivity contribution is 0.623.